The summed E-state index contributed by atoms with van der Waals surface area (Å²) < 4.78 is 0. The van der Waals surface area contributed by atoms with Gasteiger partial charge < -0.3 is 5.11 Å². The van der Waals surface area contributed by atoms with E-state index in [9.17, 15) is 4.79 Å². The summed E-state index contributed by atoms with van der Waals surface area (Å²) in [7, 11) is 0. The number of hydrogen-bond acceptors (Lipinski definition) is 1. The van der Waals surface area contributed by atoms with E-state index in [1.165, 1.54) is 173 Å². The van der Waals surface area contributed by atoms with Crippen molar-refractivity contribution in [2.45, 2.75) is 187 Å². The molecule has 0 unspecified atom stereocenters. The van der Waals surface area contributed by atoms with Crippen molar-refractivity contribution in [3.63, 3.8) is 0 Å². The summed E-state index contributed by atoms with van der Waals surface area (Å²) in [6.07, 6.45) is 42.3. The van der Waals surface area contributed by atoms with Gasteiger partial charge in [-0.15, -0.1) is 0 Å². The number of aliphatic carboxylic acids is 1. The van der Waals surface area contributed by atoms with E-state index in [1.54, 1.807) is 6.08 Å². The Morgan fingerprint density at radius 2 is 0.676 bits per heavy atom. The van der Waals surface area contributed by atoms with Crippen molar-refractivity contribution in [1.82, 2.24) is 0 Å². The summed E-state index contributed by atoms with van der Waals surface area (Å²) in [5.74, 6) is -0.829. The molecule has 0 fully saturated rings. The van der Waals surface area contributed by atoms with Gasteiger partial charge in [-0.1, -0.05) is 180 Å². The van der Waals surface area contributed by atoms with Gasteiger partial charge in [-0.2, -0.15) is 0 Å². The summed E-state index contributed by atoms with van der Waals surface area (Å²) in [4.78, 5) is 10.4. The Balaban J connectivity index is 3.03. The predicted octanol–water partition coefficient (Wildman–Crippen LogP) is 11.6. The van der Waals surface area contributed by atoms with Crippen molar-refractivity contribution in [2.75, 3.05) is 0 Å². The predicted molar refractivity (Wildman–Crippen MR) is 152 cm³/mol. The second-order valence-electron chi connectivity index (χ2n) is 10.7. The third-order valence-corrected chi connectivity index (χ3v) is 7.23. The lowest BCUT2D eigenvalue weighted by Gasteiger charge is -2.04. The van der Waals surface area contributed by atoms with Gasteiger partial charge in [0.1, 0.15) is 0 Å². The van der Waals surface area contributed by atoms with Crippen molar-refractivity contribution in [1.29, 1.82) is 0 Å². The van der Waals surface area contributed by atoms with Crippen LogP contribution in [0.15, 0.2) is 12.2 Å². The van der Waals surface area contributed by atoms with Gasteiger partial charge in [0.15, 0.2) is 0 Å². The minimum atomic E-state index is -0.829. The molecule has 0 aliphatic carbocycles. The molecule has 0 aliphatic rings. The number of allylic oxidation sites excluding steroid dienone is 1. The van der Waals surface area contributed by atoms with E-state index in [0.717, 1.165) is 12.8 Å². The number of unbranched alkanes of at least 4 members (excludes halogenated alkanes) is 27. The maximum absolute atomic E-state index is 10.4. The molecular formula is C32H62O2. The van der Waals surface area contributed by atoms with Gasteiger partial charge in [-0.25, -0.2) is 4.79 Å². The third kappa shape index (κ3) is 31.2. The van der Waals surface area contributed by atoms with E-state index in [1.807, 2.05) is 0 Å². The lowest BCUT2D eigenvalue weighted by atomic mass is 10.0. The van der Waals surface area contributed by atoms with Crippen molar-refractivity contribution < 1.29 is 9.90 Å². The van der Waals surface area contributed by atoms with Crippen LogP contribution in [-0.4, -0.2) is 11.1 Å². The number of carbonyl (C=O) groups is 1. The smallest absolute Gasteiger partial charge is 0.327 e. The molecule has 34 heavy (non-hydrogen) atoms. The van der Waals surface area contributed by atoms with Crippen LogP contribution in [0, 0.1) is 0 Å². The Bertz CT molecular complexity index is 415. The van der Waals surface area contributed by atoms with E-state index in [-0.39, 0.29) is 0 Å². The lowest BCUT2D eigenvalue weighted by Crippen LogP contribution is -1.86. The molecule has 0 spiro atoms. The molecule has 0 bridgehead atoms. The molecule has 0 atom stereocenters. The standard InChI is InChI=1S/C32H62O2/c1-2-3-4-5-6-7-8-9-10-11-12-13-14-15-16-17-18-19-20-21-22-23-24-25-26-27-28-29-30-31-32(33)34/h30-31H,2-29H2,1H3,(H,33,34)/b31-30+. The molecule has 0 radical (unpaired) electrons. The highest BCUT2D eigenvalue weighted by molar-refractivity contribution is 5.79. The Labute approximate surface area is 214 Å². The average molecular weight is 479 g/mol. The molecule has 2 nitrogen and oxygen atoms in total. The third-order valence-electron chi connectivity index (χ3n) is 7.23. The first kappa shape index (κ1) is 33.2. The second-order valence-corrected chi connectivity index (χ2v) is 10.7. The topological polar surface area (TPSA) is 37.3 Å². The van der Waals surface area contributed by atoms with Crippen LogP contribution in [0.4, 0.5) is 0 Å². The van der Waals surface area contributed by atoms with Gasteiger partial charge >= 0.3 is 5.97 Å². The van der Waals surface area contributed by atoms with E-state index in [0.29, 0.717) is 0 Å². The highest BCUT2D eigenvalue weighted by Gasteiger charge is 1.96. The molecule has 202 valence electrons. The van der Waals surface area contributed by atoms with Crippen LogP contribution in [0.3, 0.4) is 0 Å². The van der Waals surface area contributed by atoms with Gasteiger partial charge in [0.25, 0.3) is 0 Å². The number of carboxylic acid groups (broad SMARTS) is 1. The molecule has 0 amide bonds. The molecule has 0 rings (SSSR count). The molecule has 0 saturated heterocycles. The molecule has 0 aromatic carbocycles. The largest absolute Gasteiger partial charge is 0.478 e. The minimum absolute atomic E-state index is 0.829. The van der Waals surface area contributed by atoms with Crippen molar-refractivity contribution in [2.24, 2.45) is 0 Å². The van der Waals surface area contributed by atoms with Crippen LogP contribution in [0.2, 0.25) is 0 Å². The molecule has 0 aromatic rings. The van der Waals surface area contributed by atoms with Crippen LogP contribution in [0.1, 0.15) is 187 Å². The summed E-state index contributed by atoms with van der Waals surface area (Å²) in [5, 5.41) is 8.53. The van der Waals surface area contributed by atoms with Gasteiger partial charge in [-0.05, 0) is 12.8 Å². The lowest BCUT2D eigenvalue weighted by molar-refractivity contribution is -0.131. The van der Waals surface area contributed by atoms with Crippen molar-refractivity contribution in [3.8, 4) is 0 Å². The molecular weight excluding hydrogens is 416 g/mol. The first-order valence-corrected chi connectivity index (χ1v) is 15.7. The molecule has 0 heterocycles. The summed E-state index contributed by atoms with van der Waals surface area (Å²) in [6, 6.07) is 0. The van der Waals surface area contributed by atoms with E-state index >= 15 is 0 Å². The Morgan fingerprint density at radius 1 is 0.441 bits per heavy atom. The maximum Gasteiger partial charge on any atom is 0.327 e. The van der Waals surface area contributed by atoms with Gasteiger partial charge in [0.05, 0.1) is 0 Å². The number of carboxylic acids is 1. The van der Waals surface area contributed by atoms with Gasteiger partial charge in [0.2, 0.25) is 0 Å². The molecule has 0 aliphatic heterocycles. The zero-order valence-corrected chi connectivity index (χ0v) is 23.3. The quantitative estimate of drug-likeness (QED) is 0.0857. The SMILES string of the molecule is CCCCCCCCCCCCCCCCCCCCCCCCCCCCC/C=C/C(=O)O. The normalized spacial score (nSPS) is 11.6. The van der Waals surface area contributed by atoms with Crippen LogP contribution in [0.5, 0.6) is 0 Å². The summed E-state index contributed by atoms with van der Waals surface area (Å²) in [5.41, 5.74) is 0. The Hall–Kier alpha value is -0.790. The first-order valence-electron chi connectivity index (χ1n) is 15.7. The van der Waals surface area contributed by atoms with Crippen molar-refractivity contribution in [3.05, 3.63) is 12.2 Å². The zero-order chi connectivity index (χ0) is 24.8. The first-order chi connectivity index (χ1) is 16.8. The van der Waals surface area contributed by atoms with Crippen LogP contribution >= 0.6 is 0 Å². The minimum Gasteiger partial charge on any atom is -0.478 e. The fourth-order valence-electron chi connectivity index (χ4n) is 4.94. The number of rotatable bonds is 29. The Kier molecular flexibility index (Phi) is 29.5. The fraction of sp³-hybridized carbons (Fsp3) is 0.906. The summed E-state index contributed by atoms with van der Waals surface area (Å²) >= 11 is 0. The monoisotopic (exact) mass is 478 g/mol. The average Bonchev–Trinajstić information content (AvgIpc) is 2.83. The van der Waals surface area contributed by atoms with Gasteiger partial charge in [0, 0.05) is 6.08 Å². The molecule has 0 saturated carbocycles. The summed E-state index contributed by atoms with van der Waals surface area (Å²) in [6.45, 7) is 2.30. The zero-order valence-electron chi connectivity index (χ0n) is 23.3. The molecule has 0 aromatic heterocycles. The van der Waals surface area contributed by atoms with E-state index in [4.69, 9.17) is 5.11 Å². The van der Waals surface area contributed by atoms with Crippen LogP contribution in [-0.2, 0) is 4.79 Å². The van der Waals surface area contributed by atoms with E-state index < -0.39 is 5.97 Å². The maximum atomic E-state index is 10.4. The molecule has 1 N–H and O–H groups in total. The van der Waals surface area contributed by atoms with Crippen molar-refractivity contribution >= 4 is 5.97 Å². The van der Waals surface area contributed by atoms with E-state index in [2.05, 4.69) is 6.92 Å². The highest BCUT2D eigenvalue weighted by atomic mass is 16.4. The fourth-order valence-corrected chi connectivity index (χ4v) is 4.94. The Morgan fingerprint density at radius 3 is 0.912 bits per heavy atom. The van der Waals surface area contributed by atoms with Gasteiger partial charge in [-0.3, -0.25) is 0 Å². The van der Waals surface area contributed by atoms with Crippen LogP contribution < -0.4 is 0 Å². The van der Waals surface area contributed by atoms with Crippen LogP contribution in [0.25, 0.3) is 0 Å². The molecule has 2 heteroatoms. The highest BCUT2D eigenvalue weighted by Crippen LogP contribution is 2.16. The second kappa shape index (κ2) is 30.2. The number of hydrogen-bond donors (Lipinski definition) is 1.